The van der Waals surface area contributed by atoms with Crippen molar-refractivity contribution in [3.63, 3.8) is 0 Å². The van der Waals surface area contributed by atoms with E-state index in [9.17, 15) is 9.59 Å². The van der Waals surface area contributed by atoms with Crippen LogP contribution >= 0.6 is 11.8 Å². The number of thioether (sulfide) groups is 1. The third-order valence-electron chi connectivity index (χ3n) is 4.93. The molecule has 0 unspecified atom stereocenters. The predicted octanol–water partition coefficient (Wildman–Crippen LogP) is 6.22. The van der Waals surface area contributed by atoms with Gasteiger partial charge in [0.05, 0.1) is 18.0 Å². The number of carbonyl (C=O) groups is 2. The molecular weight excluding hydrogens is 432 g/mol. The van der Waals surface area contributed by atoms with Gasteiger partial charge in [-0.05, 0) is 60.2 Å². The Morgan fingerprint density at radius 2 is 1.61 bits per heavy atom. The Morgan fingerprint density at radius 1 is 0.818 bits per heavy atom. The van der Waals surface area contributed by atoms with Crippen molar-refractivity contribution in [3.8, 4) is 5.75 Å². The van der Waals surface area contributed by atoms with Crippen LogP contribution in [-0.2, 0) is 4.79 Å². The van der Waals surface area contributed by atoms with Gasteiger partial charge < -0.3 is 15.4 Å². The van der Waals surface area contributed by atoms with Crippen molar-refractivity contribution >= 4 is 45.7 Å². The van der Waals surface area contributed by atoms with Gasteiger partial charge in [0.1, 0.15) is 5.75 Å². The number of nitrogens with one attached hydrogen (secondary N) is 2. The fourth-order valence-electron chi connectivity index (χ4n) is 3.38. The summed E-state index contributed by atoms with van der Waals surface area (Å²) in [5, 5.41) is 7.95. The summed E-state index contributed by atoms with van der Waals surface area (Å²) in [5.74, 6) is 0.588. The zero-order valence-corrected chi connectivity index (χ0v) is 19.0. The van der Waals surface area contributed by atoms with Gasteiger partial charge in [0.15, 0.2) is 0 Å². The van der Waals surface area contributed by atoms with Crippen LogP contribution in [0.25, 0.3) is 10.8 Å². The van der Waals surface area contributed by atoms with E-state index < -0.39 is 0 Å². The maximum absolute atomic E-state index is 12.7. The summed E-state index contributed by atoms with van der Waals surface area (Å²) >= 11 is 1.40. The summed E-state index contributed by atoms with van der Waals surface area (Å²) in [6.07, 6.45) is 0. The van der Waals surface area contributed by atoms with Gasteiger partial charge in [-0.1, -0.05) is 48.5 Å². The lowest BCUT2D eigenvalue weighted by Gasteiger charge is -2.11. The minimum atomic E-state index is -0.173. The summed E-state index contributed by atoms with van der Waals surface area (Å²) in [4.78, 5) is 26.1. The molecule has 0 aliphatic heterocycles. The molecule has 0 atom stereocenters. The number of hydrogen-bond donors (Lipinski definition) is 2. The SMILES string of the molecule is CCOc1ccccc1NC(=O)CSc1cccc(NC(=O)c2ccc3ccccc3c2)c1. The number of rotatable bonds is 8. The van der Waals surface area contributed by atoms with Crippen LogP contribution < -0.4 is 15.4 Å². The van der Waals surface area contributed by atoms with Gasteiger partial charge in [0.25, 0.3) is 5.91 Å². The molecule has 0 fully saturated rings. The second kappa shape index (κ2) is 10.7. The van der Waals surface area contributed by atoms with Crippen molar-refractivity contribution in [1.82, 2.24) is 0 Å². The number of para-hydroxylation sites is 2. The zero-order chi connectivity index (χ0) is 23.0. The van der Waals surface area contributed by atoms with E-state index in [1.165, 1.54) is 11.8 Å². The number of hydrogen-bond acceptors (Lipinski definition) is 4. The van der Waals surface area contributed by atoms with Crippen LogP contribution in [0.4, 0.5) is 11.4 Å². The maximum atomic E-state index is 12.7. The first-order valence-corrected chi connectivity index (χ1v) is 11.7. The van der Waals surface area contributed by atoms with Gasteiger partial charge in [0, 0.05) is 16.1 Å². The molecule has 0 aliphatic rings. The molecule has 4 rings (SSSR count). The number of benzene rings is 4. The quantitative estimate of drug-likeness (QED) is 0.309. The normalized spacial score (nSPS) is 10.6. The second-order valence-corrected chi connectivity index (χ2v) is 8.36. The van der Waals surface area contributed by atoms with E-state index in [4.69, 9.17) is 4.74 Å². The molecule has 2 amide bonds. The molecule has 2 N–H and O–H groups in total. The fraction of sp³-hybridized carbons (Fsp3) is 0.111. The standard InChI is InChI=1S/C27H24N2O3S/c1-2-32-25-13-6-5-12-24(25)29-26(30)18-33-23-11-7-10-22(17-23)28-27(31)21-15-14-19-8-3-4-9-20(19)16-21/h3-17H,2,18H2,1H3,(H,28,31)(H,29,30). The third kappa shape index (κ3) is 5.93. The molecule has 0 spiro atoms. The Labute approximate surface area is 197 Å². The van der Waals surface area contributed by atoms with E-state index >= 15 is 0 Å². The van der Waals surface area contributed by atoms with Gasteiger partial charge in [-0.25, -0.2) is 0 Å². The van der Waals surface area contributed by atoms with E-state index in [1.807, 2.05) is 97.9 Å². The Balaban J connectivity index is 1.36. The number of amides is 2. The molecule has 0 bridgehead atoms. The Kier molecular flexibility index (Phi) is 7.27. The van der Waals surface area contributed by atoms with E-state index in [-0.39, 0.29) is 17.6 Å². The van der Waals surface area contributed by atoms with Crippen LogP contribution in [0.1, 0.15) is 17.3 Å². The van der Waals surface area contributed by atoms with Crippen molar-refractivity contribution in [3.05, 3.63) is 96.6 Å². The molecule has 4 aromatic carbocycles. The Bertz CT molecular complexity index is 1290. The molecule has 5 nitrogen and oxygen atoms in total. The molecule has 6 heteroatoms. The van der Waals surface area contributed by atoms with Crippen molar-refractivity contribution in [2.75, 3.05) is 23.0 Å². The number of fused-ring (bicyclic) bond motifs is 1. The van der Waals surface area contributed by atoms with Crippen LogP contribution in [0.15, 0.2) is 95.9 Å². The maximum Gasteiger partial charge on any atom is 0.255 e. The van der Waals surface area contributed by atoms with E-state index in [2.05, 4.69) is 10.6 Å². The highest BCUT2D eigenvalue weighted by atomic mass is 32.2. The highest BCUT2D eigenvalue weighted by molar-refractivity contribution is 8.00. The van der Waals surface area contributed by atoms with Gasteiger partial charge in [-0.3, -0.25) is 9.59 Å². The molecule has 0 saturated heterocycles. The second-order valence-electron chi connectivity index (χ2n) is 7.31. The molecular formula is C27H24N2O3S. The van der Waals surface area contributed by atoms with Gasteiger partial charge in [-0.2, -0.15) is 0 Å². The van der Waals surface area contributed by atoms with E-state index in [0.29, 0.717) is 29.3 Å². The number of carbonyl (C=O) groups excluding carboxylic acids is 2. The largest absolute Gasteiger partial charge is 0.492 e. The van der Waals surface area contributed by atoms with Gasteiger partial charge >= 0.3 is 0 Å². The van der Waals surface area contributed by atoms with Crippen molar-refractivity contribution in [1.29, 1.82) is 0 Å². The lowest BCUT2D eigenvalue weighted by Crippen LogP contribution is -2.15. The van der Waals surface area contributed by atoms with Crippen LogP contribution in [0.5, 0.6) is 5.75 Å². The van der Waals surface area contributed by atoms with Crippen LogP contribution in [-0.4, -0.2) is 24.2 Å². The monoisotopic (exact) mass is 456 g/mol. The number of ether oxygens (including phenoxy) is 1. The predicted molar refractivity (Wildman–Crippen MR) is 135 cm³/mol. The number of anilines is 2. The van der Waals surface area contributed by atoms with Gasteiger partial charge in [0.2, 0.25) is 5.91 Å². The van der Waals surface area contributed by atoms with Crippen LogP contribution in [0.3, 0.4) is 0 Å². The summed E-state index contributed by atoms with van der Waals surface area (Å²) in [7, 11) is 0. The zero-order valence-electron chi connectivity index (χ0n) is 18.2. The van der Waals surface area contributed by atoms with Crippen molar-refractivity contribution in [2.24, 2.45) is 0 Å². The van der Waals surface area contributed by atoms with E-state index in [1.54, 1.807) is 0 Å². The molecule has 166 valence electrons. The molecule has 0 heterocycles. The first-order chi connectivity index (χ1) is 16.1. The topological polar surface area (TPSA) is 67.4 Å². The average Bonchev–Trinajstić information content (AvgIpc) is 2.84. The lowest BCUT2D eigenvalue weighted by molar-refractivity contribution is -0.113. The molecule has 4 aromatic rings. The first-order valence-electron chi connectivity index (χ1n) is 10.7. The summed E-state index contributed by atoms with van der Waals surface area (Å²) < 4.78 is 5.55. The van der Waals surface area contributed by atoms with E-state index in [0.717, 1.165) is 15.7 Å². The molecule has 0 radical (unpaired) electrons. The van der Waals surface area contributed by atoms with Crippen LogP contribution in [0.2, 0.25) is 0 Å². The van der Waals surface area contributed by atoms with Gasteiger partial charge in [-0.15, -0.1) is 11.8 Å². The average molecular weight is 457 g/mol. The molecule has 0 aromatic heterocycles. The Morgan fingerprint density at radius 3 is 2.45 bits per heavy atom. The molecule has 0 aliphatic carbocycles. The van der Waals surface area contributed by atoms with Crippen LogP contribution in [0, 0.1) is 0 Å². The lowest BCUT2D eigenvalue weighted by atomic mass is 10.1. The fourth-order valence-corrected chi connectivity index (χ4v) is 4.14. The minimum Gasteiger partial charge on any atom is -0.492 e. The van der Waals surface area contributed by atoms with Crippen molar-refractivity contribution < 1.29 is 14.3 Å². The third-order valence-corrected chi connectivity index (χ3v) is 5.93. The smallest absolute Gasteiger partial charge is 0.255 e. The minimum absolute atomic E-state index is 0.127. The first kappa shape index (κ1) is 22.4. The summed E-state index contributed by atoms with van der Waals surface area (Å²) in [5.41, 5.74) is 1.93. The molecule has 33 heavy (non-hydrogen) atoms. The summed E-state index contributed by atoms with van der Waals surface area (Å²) in [6.45, 7) is 2.43. The Hall–Kier alpha value is -3.77. The summed E-state index contributed by atoms with van der Waals surface area (Å²) in [6, 6.07) is 28.4. The molecule has 0 saturated carbocycles. The highest BCUT2D eigenvalue weighted by Gasteiger charge is 2.10. The van der Waals surface area contributed by atoms with Crippen molar-refractivity contribution in [2.45, 2.75) is 11.8 Å². The highest BCUT2D eigenvalue weighted by Crippen LogP contribution is 2.26.